The molecule has 1 amide bonds. The highest BCUT2D eigenvalue weighted by Crippen LogP contribution is 2.22. The summed E-state index contributed by atoms with van der Waals surface area (Å²) in [6, 6.07) is 13.2. The van der Waals surface area contributed by atoms with Gasteiger partial charge in [-0.1, -0.05) is 23.7 Å². The number of piperidine rings is 1. The maximum Gasteiger partial charge on any atom is 0.407 e. The molecule has 9 heteroatoms. The lowest BCUT2D eigenvalue weighted by Crippen LogP contribution is -2.46. The number of halogens is 1. The van der Waals surface area contributed by atoms with Crippen molar-refractivity contribution in [2.24, 2.45) is 0 Å². The van der Waals surface area contributed by atoms with Crippen molar-refractivity contribution < 1.29 is 22.7 Å². The number of hydrogen-bond acceptors (Lipinski definition) is 5. The number of amides is 1. The van der Waals surface area contributed by atoms with E-state index in [1.54, 1.807) is 31.4 Å². The Hall–Kier alpha value is -2.29. The summed E-state index contributed by atoms with van der Waals surface area (Å²) in [5.74, 6) is 0.735. The van der Waals surface area contributed by atoms with Crippen molar-refractivity contribution in [3.05, 3.63) is 59.1 Å². The number of nitrogens with one attached hydrogen (secondary N) is 1. The van der Waals surface area contributed by atoms with Gasteiger partial charge in [-0.15, -0.1) is 0 Å². The zero-order chi connectivity index (χ0) is 20.9. The SMILES string of the molecule is COc1ccc(COC(=O)NC2CCN(S(=O)(=O)c3ccc(Cl)cc3)CC2)cc1. The number of hydrogen-bond donors (Lipinski definition) is 1. The first-order valence-corrected chi connectivity index (χ1v) is 11.0. The molecule has 0 aromatic heterocycles. The lowest BCUT2D eigenvalue weighted by atomic mass is 10.1. The molecule has 156 valence electrons. The van der Waals surface area contributed by atoms with Crippen molar-refractivity contribution in [3.63, 3.8) is 0 Å². The summed E-state index contributed by atoms with van der Waals surface area (Å²) < 4.78 is 37.1. The fraction of sp³-hybridized carbons (Fsp3) is 0.350. The second-order valence-corrected chi connectivity index (χ2v) is 9.08. The first-order valence-electron chi connectivity index (χ1n) is 9.20. The number of methoxy groups -OCH3 is 1. The normalized spacial score (nSPS) is 15.7. The minimum Gasteiger partial charge on any atom is -0.497 e. The van der Waals surface area contributed by atoms with Gasteiger partial charge in [-0.25, -0.2) is 13.2 Å². The van der Waals surface area contributed by atoms with Gasteiger partial charge in [0.1, 0.15) is 12.4 Å². The molecular formula is C20H23ClN2O5S. The molecule has 1 N–H and O–H groups in total. The molecule has 2 aromatic rings. The average Bonchev–Trinajstić information content (AvgIpc) is 2.73. The number of nitrogens with zero attached hydrogens (tertiary/aromatic N) is 1. The van der Waals surface area contributed by atoms with Crippen LogP contribution in [0.5, 0.6) is 5.75 Å². The molecule has 0 spiro atoms. The summed E-state index contributed by atoms with van der Waals surface area (Å²) in [5.41, 5.74) is 0.852. The van der Waals surface area contributed by atoms with E-state index < -0.39 is 16.1 Å². The number of benzene rings is 2. The molecule has 2 aromatic carbocycles. The first-order chi connectivity index (χ1) is 13.9. The van der Waals surface area contributed by atoms with E-state index in [4.69, 9.17) is 21.1 Å². The van der Waals surface area contributed by atoms with Crippen molar-refractivity contribution in [2.45, 2.75) is 30.4 Å². The van der Waals surface area contributed by atoms with E-state index in [1.807, 2.05) is 12.1 Å². The molecular weight excluding hydrogens is 416 g/mol. The third-order valence-corrected chi connectivity index (χ3v) is 6.92. The maximum atomic E-state index is 12.7. The zero-order valence-electron chi connectivity index (χ0n) is 16.0. The van der Waals surface area contributed by atoms with E-state index in [9.17, 15) is 13.2 Å². The average molecular weight is 439 g/mol. The summed E-state index contributed by atoms with van der Waals surface area (Å²) >= 11 is 5.83. The van der Waals surface area contributed by atoms with Crippen LogP contribution in [0.15, 0.2) is 53.4 Å². The molecule has 3 rings (SSSR count). The van der Waals surface area contributed by atoms with Gasteiger partial charge in [0.15, 0.2) is 0 Å². The molecule has 0 bridgehead atoms. The van der Waals surface area contributed by atoms with Crippen LogP contribution >= 0.6 is 11.6 Å². The smallest absolute Gasteiger partial charge is 0.407 e. The second-order valence-electron chi connectivity index (χ2n) is 6.70. The Balaban J connectivity index is 1.46. The topological polar surface area (TPSA) is 84.9 Å². The quantitative estimate of drug-likeness (QED) is 0.746. The van der Waals surface area contributed by atoms with E-state index in [1.165, 1.54) is 16.4 Å². The minimum absolute atomic E-state index is 0.130. The fourth-order valence-corrected chi connectivity index (χ4v) is 4.67. The molecule has 0 saturated carbocycles. The van der Waals surface area contributed by atoms with Crippen LogP contribution in [0.25, 0.3) is 0 Å². The van der Waals surface area contributed by atoms with E-state index in [2.05, 4.69) is 5.32 Å². The summed E-state index contributed by atoms with van der Waals surface area (Å²) in [6.07, 6.45) is 0.523. The molecule has 29 heavy (non-hydrogen) atoms. The molecule has 1 aliphatic heterocycles. The number of carbonyl (C=O) groups is 1. The van der Waals surface area contributed by atoms with Crippen molar-refractivity contribution in [3.8, 4) is 5.75 Å². The molecule has 7 nitrogen and oxygen atoms in total. The monoisotopic (exact) mass is 438 g/mol. The van der Waals surface area contributed by atoms with Crippen LogP contribution in [-0.4, -0.2) is 45.1 Å². The molecule has 1 aliphatic rings. The van der Waals surface area contributed by atoms with E-state index in [-0.39, 0.29) is 17.5 Å². The van der Waals surface area contributed by atoms with Crippen molar-refractivity contribution >= 4 is 27.7 Å². The van der Waals surface area contributed by atoms with Gasteiger partial charge in [-0.2, -0.15) is 4.31 Å². The lowest BCUT2D eigenvalue weighted by Gasteiger charge is -2.31. The van der Waals surface area contributed by atoms with Crippen molar-refractivity contribution in [1.82, 2.24) is 9.62 Å². The van der Waals surface area contributed by atoms with Crippen LogP contribution in [0.4, 0.5) is 4.79 Å². The Labute approximate surface area is 175 Å². The highest BCUT2D eigenvalue weighted by molar-refractivity contribution is 7.89. The first kappa shape index (κ1) is 21.4. The van der Waals surface area contributed by atoms with Crippen LogP contribution < -0.4 is 10.1 Å². The Kier molecular flexibility index (Phi) is 7.00. The van der Waals surface area contributed by atoms with E-state index in [0.29, 0.717) is 31.0 Å². The van der Waals surface area contributed by atoms with Crippen LogP contribution in [0.3, 0.4) is 0 Å². The number of sulfonamides is 1. The molecule has 0 radical (unpaired) electrons. The predicted octanol–water partition coefficient (Wildman–Crippen LogP) is 3.43. The van der Waals surface area contributed by atoms with Gasteiger partial charge in [0.2, 0.25) is 10.0 Å². The Morgan fingerprint density at radius 3 is 2.31 bits per heavy atom. The van der Waals surface area contributed by atoms with Crippen LogP contribution in [0.2, 0.25) is 5.02 Å². The van der Waals surface area contributed by atoms with E-state index >= 15 is 0 Å². The molecule has 1 saturated heterocycles. The third-order valence-electron chi connectivity index (χ3n) is 4.76. The Morgan fingerprint density at radius 1 is 1.10 bits per heavy atom. The van der Waals surface area contributed by atoms with Gasteiger partial charge >= 0.3 is 6.09 Å². The molecule has 1 fully saturated rings. The van der Waals surface area contributed by atoms with E-state index in [0.717, 1.165) is 11.3 Å². The zero-order valence-corrected chi connectivity index (χ0v) is 17.6. The van der Waals surface area contributed by atoms with Gasteiger partial charge in [0.25, 0.3) is 0 Å². The molecule has 0 unspecified atom stereocenters. The van der Waals surface area contributed by atoms with Crippen LogP contribution in [0, 0.1) is 0 Å². The van der Waals surface area contributed by atoms with Gasteiger partial charge < -0.3 is 14.8 Å². The number of rotatable bonds is 6. The summed E-state index contributed by atoms with van der Waals surface area (Å²) in [6.45, 7) is 0.808. The predicted molar refractivity (Wildman–Crippen MR) is 110 cm³/mol. The van der Waals surface area contributed by atoms with Crippen molar-refractivity contribution in [2.75, 3.05) is 20.2 Å². The van der Waals surface area contributed by atoms with Crippen LogP contribution in [0.1, 0.15) is 18.4 Å². The van der Waals surface area contributed by atoms with Crippen molar-refractivity contribution in [1.29, 1.82) is 0 Å². The summed E-state index contributed by atoms with van der Waals surface area (Å²) in [7, 11) is -1.97. The summed E-state index contributed by atoms with van der Waals surface area (Å²) in [5, 5.41) is 3.29. The lowest BCUT2D eigenvalue weighted by molar-refractivity contribution is 0.131. The molecule has 0 atom stereocenters. The highest BCUT2D eigenvalue weighted by atomic mass is 35.5. The van der Waals surface area contributed by atoms with Gasteiger partial charge in [-0.3, -0.25) is 0 Å². The van der Waals surface area contributed by atoms with Gasteiger partial charge in [0, 0.05) is 24.2 Å². The largest absolute Gasteiger partial charge is 0.497 e. The number of carbonyl (C=O) groups excluding carboxylic acids is 1. The Bertz CT molecular complexity index is 924. The standard InChI is InChI=1S/C20H23ClN2O5S/c1-27-18-6-2-15(3-7-18)14-28-20(24)22-17-10-12-23(13-11-17)29(25,26)19-8-4-16(21)5-9-19/h2-9,17H,10-14H2,1H3,(H,22,24). The van der Waals surface area contributed by atoms with Gasteiger partial charge in [-0.05, 0) is 54.8 Å². The number of ether oxygens (including phenoxy) is 2. The minimum atomic E-state index is -3.56. The maximum absolute atomic E-state index is 12.7. The van der Waals surface area contributed by atoms with Gasteiger partial charge in [0.05, 0.1) is 12.0 Å². The fourth-order valence-electron chi connectivity index (χ4n) is 3.08. The molecule has 1 heterocycles. The van der Waals surface area contributed by atoms with Crippen LogP contribution in [-0.2, 0) is 21.4 Å². The second kappa shape index (κ2) is 9.47. The Morgan fingerprint density at radius 2 is 1.72 bits per heavy atom. The summed E-state index contributed by atoms with van der Waals surface area (Å²) in [4.78, 5) is 12.3. The highest BCUT2D eigenvalue weighted by Gasteiger charge is 2.30. The third kappa shape index (κ3) is 5.62. The number of alkyl carbamates (subject to hydrolysis) is 1. The molecule has 0 aliphatic carbocycles.